The van der Waals surface area contributed by atoms with Crippen molar-refractivity contribution in [2.24, 2.45) is 0 Å². The lowest BCUT2D eigenvalue weighted by atomic mass is 10.2. The third-order valence-electron chi connectivity index (χ3n) is 4.11. The molecule has 0 bridgehead atoms. The van der Waals surface area contributed by atoms with Crippen molar-refractivity contribution in [3.8, 4) is 6.07 Å². The van der Waals surface area contributed by atoms with Crippen LogP contribution in [-0.4, -0.2) is 32.4 Å². The summed E-state index contributed by atoms with van der Waals surface area (Å²) in [6, 6.07) is 15.7. The molecule has 0 aliphatic rings. The molecular formula is C20H18N4O3S. The summed E-state index contributed by atoms with van der Waals surface area (Å²) < 4.78 is 1.38. The van der Waals surface area contributed by atoms with Gasteiger partial charge in [-0.3, -0.25) is 14.2 Å². The zero-order chi connectivity index (χ0) is 20.1. The van der Waals surface area contributed by atoms with Crippen LogP contribution in [0.1, 0.15) is 12.5 Å². The lowest BCUT2D eigenvalue weighted by molar-refractivity contribution is -0.115. The van der Waals surface area contributed by atoms with E-state index in [-0.39, 0.29) is 24.6 Å². The van der Waals surface area contributed by atoms with Crippen LogP contribution in [0.3, 0.4) is 0 Å². The smallest absolute Gasteiger partial charge is 0.262 e. The highest BCUT2D eigenvalue weighted by Crippen LogP contribution is 2.24. The molecule has 0 spiro atoms. The summed E-state index contributed by atoms with van der Waals surface area (Å²) in [5.41, 5.74) is 1.08. The molecule has 3 aromatic rings. The maximum atomic E-state index is 12.7. The van der Waals surface area contributed by atoms with Gasteiger partial charge in [0.15, 0.2) is 5.16 Å². The summed E-state index contributed by atoms with van der Waals surface area (Å²) in [6.45, 7) is 1.56. The average Bonchev–Trinajstić information content (AvgIpc) is 2.71. The van der Waals surface area contributed by atoms with Gasteiger partial charge in [-0.25, -0.2) is 4.98 Å². The van der Waals surface area contributed by atoms with Gasteiger partial charge >= 0.3 is 0 Å². The van der Waals surface area contributed by atoms with Crippen molar-refractivity contribution in [3.05, 3.63) is 64.4 Å². The van der Waals surface area contributed by atoms with E-state index in [1.807, 2.05) is 6.07 Å². The molecule has 0 fully saturated rings. The van der Waals surface area contributed by atoms with Crippen LogP contribution in [0.5, 0.6) is 0 Å². The number of aliphatic hydroxyl groups excluding tert-OH is 1. The number of benzene rings is 2. The highest BCUT2D eigenvalue weighted by molar-refractivity contribution is 8.00. The van der Waals surface area contributed by atoms with Gasteiger partial charge in [0, 0.05) is 0 Å². The van der Waals surface area contributed by atoms with E-state index in [2.05, 4.69) is 10.3 Å². The number of thioether (sulfide) groups is 1. The molecule has 0 aliphatic heterocycles. The standard InChI is InChI=1S/C20H18N4O3S/c1-13(18(26)22-16-8-4-2-6-14(16)12-21)28-20-23-17-9-5-3-7-15(17)19(27)24(20)10-11-25/h2-9,13,25H,10-11H2,1H3,(H,22,26)/t13-/m0/s1. The van der Waals surface area contributed by atoms with Crippen LogP contribution >= 0.6 is 11.8 Å². The summed E-state index contributed by atoms with van der Waals surface area (Å²) in [7, 11) is 0. The van der Waals surface area contributed by atoms with Gasteiger partial charge in [0.2, 0.25) is 5.91 Å². The van der Waals surface area contributed by atoms with Gasteiger partial charge in [-0.15, -0.1) is 0 Å². The molecule has 2 N–H and O–H groups in total. The Morgan fingerprint density at radius 3 is 2.75 bits per heavy atom. The van der Waals surface area contributed by atoms with Gasteiger partial charge in [-0.1, -0.05) is 36.0 Å². The lowest BCUT2D eigenvalue weighted by Crippen LogP contribution is -2.28. The zero-order valence-electron chi connectivity index (χ0n) is 15.1. The number of nitrogens with one attached hydrogen (secondary N) is 1. The van der Waals surface area contributed by atoms with Crippen LogP contribution in [0, 0.1) is 11.3 Å². The first-order valence-electron chi connectivity index (χ1n) is 8.62. The summed E-state index contributed by atoms with van der Waals surface area (Å²) in [5, 5.41) is 21.5. The maximum Gasteiger partial charge on any atom is 0.262 e. The number of rotatable bonds is 6. The van der Waals surface area contributed by atoms with Gasteiger partial charge < -0.3 is 10.4 Å². The molecular weight excluding hydrogens is 376 g/mol. The Kier molecular flexibility index (Phi) is 6.09. The maximum absolute atomic E-state index is 12.7. The highest BCUT2D eigenvalue weighted by Gasteiger charge is 2.20. The second-order valence-corrected chi connectivity index (χ2v) is 7.31. The molecule has 1 atom stereocenters. The largest absolute Gasteiger partial charge is 0.395 e. The van der Waals surface area contributed by atoms with Crippen molar-refractivity contribution in [3.63, 3.8) is 0 Å². The average molecular weight is 394 g/mol. The predicted molar refractivity (Wildman–Crippen MR) is 108 cm³/mol. The topological polar surface area (TPSA) is 108 Å². The molecule has 3 rings (SSSR count). The molecule has 7 nitrogen and oxygen atoms in total. The van der Waals surface area contributed by atoms with Gasteiger partial charge in [-0.05, 0) is 31.2 Å². The second-order valence-electron chi connectivity index (χ2n) is 6.00. The minimum absolute atomic E-state index is 0.0879. The van der Waals surface area contributed by atoms with Crippen LogP contribution in [-0.2, 0) is 11.3 Å². The van der Waals surface area contributed by atoms with Crippen LogP contribution < -0.4 is 10.9 Å². The summed E-state index contributed by atoms with van der Waals surface area (Å²) in [6.07, 6.45) is 0. The van der Waals surface area contributed by atoms with E-state index in [9.17, 15) is 14.7 Å². The quantitative estimate of drug-likeness (QED) is 0.491. The highest BCUT2D eigenvalue weighted by atomic mass is 32.2. The number of nitriles is 1. The molecule has 1 heterocycles. The summed E-state index contributed by atoms with van der Waals surface area (Å²) in [5.74, 6) is -0.314. The van der Waals surface area contributed by atoms with E-state index in [0.29, 0.717) is 27.3 Å². The SMILES string of the molecule is C[C@H](Sc1nc2ccccc2c(=O)n1CCO)C(=O)Nc1ccccc1C#N. The number of anilines is 1. The normalized spacial score (nSPS) is 11.8. The molecule has 142 valence electrons. The van der Waals surface area contributed by atoms with Gasteiger partial charge in [0.05, 0.1) is 40.6 Å². The molecule has 0 unspecified atom stereocenters. The van der Waals surface area contributed by atoms with Crippen LogP contribution in [0.15, 0.2) is 58.5 Å². The number of fused-ring (bicyclic) bond motifs is 1. The molecule has 0 saturated carbocycles. The van der Waals surface area contributed by atoms with E-state index < -0.39 is 5.25 Å². The number of para-hydroxylation sites is 2. The monoisotopic (exact) mass is 394 g/mol. The fourth-order valence-corrected chi connectivity index (χ4v) is 3.61. The van der Waals surface area contributed by atoms with Crippen molar-refractivity contribution >= 4 is 34.3 Å². The van der Waals surface area contributed by atoms with Gasteiger partial charge in [0.25, 0.3) is 5.56 Å². The molecule has 8 heteroatoms. The molecule has 0 radical (unpaired) electrons. The first-order valence-corrected chi connectivity index (χ1v) is 9.50. The number of hydrogen-bond acceptors (Lipinski definition) is 6. The fraction of sp³-hybridized carbons (Fsp3) is 0.200. The van der Waals surface area contributed by atoms with E-state index in [1.165, 1.54) is 4.57 Å². The third-order valence-corrected chi connectivity index (χ3v) is 5.20. The molecule has 2 aromatic carbocycles. The third kappa shape index (κ3) is 4.06. The predicted octanol–water partition coefficient (Wildman–Crippen LogP) is 2.38. The Labute approximate surface area is 165 Å². The minimum atomic E-state index is -0.579. The van der Waals surface area contributed by atoms with E-state index in [1.54, 1.807) is 55.5 Å². The minimum Gasteiger partial charge on any atom is -0.395 e. The Bertz CT molecular complexity index is 1120. The van der Waals surface area contributed by atoms with E-state index >= 15 is 0 Å². The zero-order valence-corrected chi connectivity index (χ0v) is 15.9. The van der Waals surface area contributed by atoms with E-state index in [4.69, 9.17) is 5.26 Å². The van der Waals surface area contributed by atoms with Crippen molar-refractivity contribution in [1.29, 1.82) is 5.26 Å². The molecule has 28 heavy (non-hydrogen) atoms. The Hall–Kier alpha value is -3.15. The number of aromatic nitrogens is 2. The second kappa shape index (κ2) is 8.69. The first kappa shape index (κ1) is 19.6. The van der Waals surface area contributed by atoms with Crippen molar-refractivity contribution in [2.45, 2.75) is 23.9 Å². The Balaban J connectivity index is 1.89. The lowest BCUT2D eigenvalue weighted by Gasteiger charge is -2.16. The van der Waals surface area contributed by atoms with Crippen molar-refractivity contribution in [1.82, 2.24) is 9.55 Å². The summed E-state index contributed by atoms with van der Waals surface area (Å²) in [4.78, 5) is 29.8. The Morgan fingerprint density at radius 2 is 2.00 bits per heavy atom. The number of aliphatic hydroxyl groups is 1. The number of amides is 1. The van der Waals surface area contributed by atoms with Crippen molar-refractivity contribution in [2.75, 3.05) is 11.9 Å². The molecule has 1 aromatic heterocycles. The fourth-order valence-electron chi connectivity index (χ4n) is 2.67. The van der Waals surface area contributed by atoms with Crippen LogP contribution in [0.2, 0.25) is 0 Å². The number of carbonyl (C=O) groups excluding carboxylic acids is 1. The van der Waals surface area contributed by atoms with Crippen LogP contribution in [0.4, 0.5) is 5.69 Å². The van der Waals surface area contributed by atoms with Crippen molar-refractivity contribution < 1.29 is 9.90 Å². The van der Waals surface area contributed by atoms with E-state index in [0.717, 1.165) is 11.8 Å². The Morgan fingerprint density at radius 1 is 1.29 bits per heavy atom. The number of carbonyl (C=O) groups is 1. The molecule has 0 aliphatic carbocycles. The number of nitrogens with zero attached hydrogens (tertiary/aromatic N) is 3. The first-order chi connectivity index (χ1) is 13.5. The van der Waals surface area contributed by atoms with Gasteiger partial charge in [0.1, 0.15) is 6.07 Å². The molecule has 1 amide bonds. The summed E-state index contributed by atoms with van der Waals surface area (Å²) >= 11 is 1.13. The number of hydrogen-bond donors (Lipinski definition) is 2. The molecule has 0 saturated heterocycles. The van der Waals surface area contributed by atoms with Crippen LogP contribution in [0.25, 0.3) is 10.9 Å². The van der Waals surface area contributed by atoms with Gasteiger partial charge in [-0.2, -0.15) is 5.26 Å².